The Kier molecular flexibility index (Phi) is 5.89. The first kappa shape index (κ1) is 21.9. The third-order valence-electron chi connectivity index (χ3n) is 5.80. The lowest BCUT2D eigenvalue weighted by Crippen LogP contribution is -2.45. The fourth-order valence-corrected chi connectivity index (χ4v) is 3.90. The summed E-state index contributed by atoms with van der Waals surface area (Å²) in [5, 5.41) is 4.39. The minimum Gasteiger partial charge on any atom is -0.496 e. The molecule has 1 aliphatic rings. The monoisotopic (exact) mass is 463 g/mol. The molecular formula is C24H23F2N7O. The fraction of sp³-hybridized carbons (Fsp3) is 0.250. The topological polar surface area (TPSA) is 72.2 Å². The maximum Gasteiger partial charge on any atom is 0.167 e. The Balaban J connectivity index is 1.46. The summed E-state index contributed by atoms with van der Waals surface area (Å²) < 4.78 is 35.9. The second-order valence-electron chi connectivity index (χ2n) is 8.02. The van der Waals surface area contributed by atoms with Crippen LogP contribution in [0.4, 0.5) is 14.6 Å². The van der Waals surface area contributed by atoms with Gasteiger partial charge in [0.1, 0.15) is 11.6 Å². The standard InChI is InChI=1S/C24H23F2N7O/c1-31-10-12-32(13-11-31)24-18(26)6-7-21(30-24)33-15-16(14-28-33)19-8-9-27-23(29-19)22-17(25)4-3-5-20(22)34-2/h3-9,14-15H,10-13H2,1-2H3. The summed E-state index contributed by atoms with van der Waals surface area (Å²) in [6.07, 6.45) is 4.94. The number of hydrogen-bond acceptors (Lipinski definition) is 7. The van der Waals surface area contributed by atoms with Gasteiger partial charge in [-0.2, -0.15) is 5.10 Å². The van der Waals surface area contributed by atoms with E-state index in [0.717, 1.165) is 13.1 Å². The molecule has 3 aromatic heterocycles. The molecule has 34 heavy (non-hydrogen) atoms. The highest BCUT2D eigenvalue weighted by Crippen LogP contribution is 2.31. The second kappa shape index (κ2) is 9.14. The van der Waals surface area contributed by atoms with E-state index >= 15 is 0 Å². The Hall–Kier alpha value is -3.92. The van der Waals surface area contributed by atoms with E-state index in [4.69, 9.17) is 4.74 Å². The van der Waals surface area contributed by atoms with Crippen LogP contribution in [0.3, 0.4) is 0 Å². The molecule has 1 saturated heterocycles. The molecule has 1 aliphatic heterocycles. The summed E-state index contributed by atoms with van der Waals surface area (Å²) in [4.78, 5) is 17.4. The van der Waals surface area contributed by atoms with Crippen molar-refractivity contribution in [3.8, 4) is 34.2 Å². The van der Waals surface area contributed by atoms with Crippen LogP contribution >= 0.6 is 0 Å². The van der Waals surface area contributed by atoms with Crippen LogP contribution in [0.15, 0.2) is 55.0 Å². The van der Waals surface area contributed by atoms with Crippen LogP contribution < -0.4 is 9.64 Å². The van der Waals surface area contributed by atoms with Gasteiger partial charge in [-0.1, -0.05) is 6.07 Å². The normalized spacial score (nSPS) is 14.4. The van der Waals surface area contributed by atoms with Crippen molar-refractivity contribution in [1.82, 2.24) is 29.6 Å². The summed E-state index contributed by atoms with van der Waals surface area (Å²) >= 11 is 0. The van der Waals surface area contributed by atoms with Crippen molar-refractivity contribution in [3.63, 3.8) is 0 Å². The van der Waals surface area contributed by atoms with Gasteiger partial charge >= 0.3 is 0 Å². The van der Waals surface area contributed by atoms with Gasteiger partial charge in [0.05, 0.1) is 24.6 Å². The molecule has 0 radical (unpaired) electrons. The average molecular weight is 463 g/mol. The van der Waals surface area contributed by atoms with E-state index in [2.05, 4.69) is 25.0 Å². The Morgan fingerprint density at radius 3 is 2.56 bits per heavy atom. The maximum absolute atomic E-state index is 14.5. The zero-order valence-corrected chi connectivity index (χ0v) is 18.8. The molecule has 0 atom stereocenters. The zero-order valence-electron chi connectivity index (χ0n) is 18.8. The van der Waals surface area contributed by atoms with Gasteiger partial charge in [-0.25, -0.2) is 28.4 Å². The van der Waals surface area contributed by atoms with Crippen molar-refractivity contribution >= 4 is 5.82 Å². The lowest BCUT2D eigenvalue weighted by molar-refractivity contribution is 0.310. The number of methoxy groups -OCH3 is 1. The molecular weight excluding hydrogens is 440 g/mol. The number of aromatic nitrogens is 5. The molecule has 0 bridgehead atoms. The Bertz CT molecular complexity index is 1320. The number of benzene rings is 1. The SMILES string of the molecule is COc1cccc(F)c1-c1nccc(-c2cnn(-c3ccc(F)c(N4CCN(C)CC4)n3)c2)n1. The minimum atomic E-state index is -0.473. The molecule has 4 heterocycles. The highest BCUT2D eigenvalue weighted by Gasteiger charge is 2.20. The average Bonchev–Trinajstić information content (AvgIpc) is 3.35. The van der Waals surface area contributed by atoms with Gasteiger partial charge in [-0.15, -0.1) is 0 Å². The molecule has 0 N–H and O–H groups in total. The molecule has 0 unspecified atom stereocenters. The van der Waals surface area contributed by atoms with E-state index in [1.165, 1.54) is 19.2 Å². The first-order valence-electron chi connectivity index (χ1n) is 10.8. The van der Waals surface area contributed by atoms with Gasteiger partial charge in [0.2, 0.25) is 0 Å². The number of pyridine rings is 1. The van der Waals surface area contributed by atoms with Crippen LogP contribution in [0.1, 0.15) is 0 Å². The van der Waals surface area contributed by atoms with Crippen LogP contribution in [0.2, 0.25) is 0 Å². The number of rotatable bonds is 5. The molecule has 174 valence electrons. The van der Waals surface area contributed by atoms with Gasteiger partial charge in [0.25, 0.3) is 0 Å². The highest BCUT2D eigenvalue weighted by atomic mass is 19.1. The van der Waals surface area contributed by atoms with Crippen molar-refractivity contribution < 1.29 is 13.5 Å². The van der Waals surface area contributed by atoms with E-state index in [1.54, 1.807) is 47.5 Å². The summed E-state index contributed by atoms with van der Waals surface area (Å²) in [6.45, 7) is 3.11. The van der Waals surface area contributed by atoms with E-state index in [0.29, 0.717) is 41.7 Å². The zero-order chi connectivity index (χ0) is 23.7. The van der Waals surface area contributed by atoms with Crippen LogP contribution in [0.5, 0.6) is 5.75 Å². The number of likely N-dealkylation sites (N-methyl/N-ethyl adjacent to an activating group) is 1. The van der Waals surface area contributed by atoms with E-state index in [1.807, 2.05) is 11.9 Å². The summed E-state index contributed by atoms with van der Waals surface area (Å²) in [6, 6.07) is 9.27. The molecule has 0 amide bonds. The molecule has 5 rings (SSSR count). The second-order valence-corrected chi connectivity index (χ2v) is 8.02. The minimum absolute atomic E-state index is 0.191. The van der Waals surface area contributed by atoms with Crippen LogP contribution in [-0.2, 0) is 0 Å². The van der Waals surface area contributed by atoms with Crippen LogP contribution in [0, 0.1) is 11.6 Å². The number of ether oxygens (including phenoxy) is 1. The van der Waals surface area contributed by atoms with Gasteiger partial charge < -0.3 is 14.5 Å². The van der Waals surface area contributed by atoms with Gasteiger partial charge in [0.15, 0.2) is 23.3 Å². The van der Waals surface area contributed by atoms with E-state index in [9.17, 15) is 8.78 Å². The summed E-state index contributed by atoms with van der Waals surface area (Å²) in [5.74, 6) is 0.529. The van der Waals surface area contributed by atoms with Gasteiger partial charge in [-0.3, -0.25) is 0 Å². The summed E-state index contributed by atoms with van der Waals surface area (Å²) in [7, 11) is 3.52. The van der Waals surface area contributed by atoms with E-state index < -0.39 is 5.82 Å². The van der Waals surface area contributed by atoms with E-state index in [-0.39, 0.29) is 17.2 Å². The number of piperazine rings is 1. The van der Waals surface area contributed by atoms with Crippen LogP contribution in [0.25, 0.3) is 28.5 Å². The highest BCUT2D eigenvalue weighted by molar-refractivity contribution is 5.68. The Morgan fingerprint density at radius 1 is 0.941 bits per heavy atom. The van der Waals surface area contributed by atoms with Crippen molar-refractivity contribution in [3.05, 3.63) is 66.6 Å². The third-order valence-corrected chi connectivity index (χ3v) is 5.80. The van der Waals surface area contributed by atoms with Crippen LogP contribution in [-0.4, -0.2) is 70.0 Å². The number of halogens is 2. The maximum atomic E-state index is 14.5. The van der Waals surface area contributed by atoms with Gasteiger partial charge in [0, 0.05) is 44.1 Å². The first-order valence-corrected chi connectivity index (χ1v) is 10.8. The number of nitrogens with zero attached hydrogens (tertiary/aromatic N) is 7. The number of anilines is 1. The predicted molar refractivity (Wildman–Crippen MR) is 124 cm³/mol. The molecule has 0 saturated carbocycles. The lowest BCUT2D eigenvalue weighted by Gasteiger charge is -2.33. The summed E-state index contributed by atoms with van der Waals surface area (Å²) in [5.41, 5.74) is 1.44. The molecule has 1 aromatic carbocycles. The van der Waals surface area contributed by atoms with Crippen molar-refractivity contribution in [2.24, 2.45) is 0 Å². The number of hydrogen-bond donors (Lipinski definition) is 0. The molecule has 0 spiro atoms. The lowest BCUT2D eigenvalue weighted by atomic mass is 10.1. The third kappa shape index (κ3) is 4.19. The molecule has 4 aromatic rings. The Morgan fingerprint density at radius 2 is 1.76 bits per heavy atom. The Labute approximate surface area is 195 Å². The fourth-order valence-electron chi connectivity index (χ4n) is 3.90. The molecule has 10 heteroatoms. The molecule has 8 nitrogen and oxygen atoms in total. The first-order chi connectivity index (χ1) is 16.5. The van der Waals surface area contributed by atoms with Crippen molar-refractivity contribution in [1.29, 1.82) is 0 Å². The largest absolute Gasteiger partial charge is 0.496 e. The van der Waals surface area contributed by atoms with Crippen molar-refractivity contribution in [2.45, 2.75) is 0 Å². The smallest absolute Gasteiger partial charge is 0.167 e. The van der Waals surface area contributed by atoms with Gasteiger partial charge in [-0.05, 0) is 37.4 Å². The quantitative estimate of drug-likeness (QED) is 0.449. The van der Waals surface area contributed by atoms with Crippen molar-refractivity contribution in [2.75, 3.05) is 45.2 Å². The molecule has 1 fully saturated rings. The predicted octanol–water partition coefficient (Wildman–Crippen LogP) is 3.43. The molecule has 0 aliphatic carbocycles.